The molecule has 26 heavy (non-hydrogen) atoms. The summed E-state index contributed by atoms with van der Waals surface area (Å²) in [6.07, 6.45) is 6.40. The van der Waals surface area contributed by atoms with Crippen LogP contribution in [0.15, 0.2) is 34.9 Å². The van der Waals surface area contributed by atoms with Gasteiger partial charge in [0.25, 0.3) is 0 Å². The van der Waals surface area contributed by atoms with Crippen molar-refractivity contribution in [3.05, 3.63) is 56.1 Å². The van der Waals surface area contributed by atoms with Crippen LogP contribution in [0.1, 0.15) is 36.8 Å². The number of aromatic nitrogens is 1. The van der Waals surface area contributed by atoms with Crippen molar-refractivity contribution in [1.82, 2.24) is 10.3 Å². The van der Waals surface area contributed by atoms with Gasteiger partial charge in [0.05, 0.1) is 5.02 Å². The number of benzene rings is 1. The van der Waals surface area contributed by atoms with Crippen molar-refractivity contribution in [2.75, 3.05) is 11.9 Å². The summed E-state index contributed by atoms with van der Waals surface area (Å²) in [5, 5.41) is 8.33. The Morgan fingerprint density at radius 3 is 2.73 bits per heavy atom. The molecule has 0 radical (unpaired) electrons. The van der Waals surface area contributed by atoms with Crippen LogP contribution in [0.25, 0.3) is 0 Å². The van der Waals surface area contributed by atoms with Gasteiger partial charge in [-0.3, -0.25) is 0 Å². The van der Waals surface area contributed by atoms with E-state index >= 15 is 0 Å². The average Bonchev–Trinajstić information content (AvgIpc) is 3.11. The van der Waals surface area contributed by atoms with Crippen molar-refractivity contribution >= 4 is 62.3 Å². The third-order valence-electron chi connectivity index (χ3n) is 5.02. The number of rotatable bonds is 4. The number of halogens is 3. The second-order valence-corrected chi connectivity index (χ2v) is 8.78. The molecule has 1 aliphatic carbocycles. The summed E-state index contributed by atoms with van der Waals surface area (Å²) in [5.74, 6) is 0.563. The lowest BCUT2D eigenvalue weighted by Gasteiger charge is -2.30. The molecule has 138 valence electrons. The minimum Gasteiger partial charge on any atom is -0.362 e. The average molecular weight is 473 g/mol. The number of nitrogens with zero attached hydrogens (tertiary/aromatic N) is 1. The van der Waals surface area contributed by atoms with Crippen molar-refractivity contribution < 1.29 is 0 Å². The molecule has 0 atom stereocenters. The molecule has 2 aromatic rings. The Kier molecular flexibility index (Phi) is 6.44. The predicted molar refractivity (Wildman–Crippen MR) is 118 cm³/mol. The summed E-state index contributed by atoms with van der Waals surface area (Å²) in [6, 6.07) is 8.16. The van der Waals surface area contributed by atoms with Crippen LogP contribution >= 0.6 is 51.3 Å². The van der Waals surface area contributed by atoms with Gasteiger partial charge in [0.1, 0.15) is 0 Å². The van der Waals surface area contributed by atoms with Crippen molar-refractivity contribution in [1.29, 1.82) is 0 Å². The Morgan fingerprint density at radius 1 is 1.31 bits per heavy atom. The van der Waals surface area contributed by atoms with Crippen LogP contribution in [0, 0.1) is 6.92 Å². The summed E-state index contributed by atoms with van der Waals surface area (Å²) in [6.45, 7) is 2.69. The Labute approximate surface area is 178 Å². The highest BCUT2D eigenvalue weighted by Crippen LogP contribution is 2.41. The second-order valence-electron chi connectivity index (χ2n) is 6.70. The summed E-state index contributed by atoms with van der Waals surface area (Å²) >= 11 is 21.5. The third-order valence-corrected chi connectivity index (χ3v) is 6.76. The fourth-order valence-electron chi connectivity index (χ4n) is 3.48. The van der Waals surface area contributed by atoms with Crippen LogP contribution in [0.5, 0.6) is 0 Å². The Morgan fingerprint density at radius 2 is 2.04 bits per heavy atom. The highest BCUT2D eigenvalue weighted by Gasteiger charge is 2.35. The number of pyridine rings is 1. The maximum atomic E-state index is 6.35. The summed E-state index contributed by atoms with van der Waals surface area (Å²) in [4.78, 5) is 4.31. The molecular weight excluding hydrogens is 453 g/mol. The first-order chi connectivity index (χ1) is 12.4. The summed E-state index contributed by atoms with van der Waals surface area (Å²) in [5.41, 5.74) is 2.26. The fourth-order valence-corrected chi connectivity index (χ4v) is 4.45. The molecule has 2 N–H and O–H groups in total. The molecule has 7 heteroatoms. The van der Waals surface area contributed by atoms with Gasteiger partial charge in [-0.2, -0.15) is 0 Å². The Balaban J connectivity index is 1.70. The number of thiocarbonyl (C=S) groups is 1. The molecule has 3 nitrogen and oxygen atoms in total. The smallest absolute Gasteiger partial charge is 0.172 e. The monoisotopic (exact) mass is 471 g/mol. The molecule has 1 heterocycles. The standard InChI is InChI=1S/C19H20BrCl2N3S/c1-12-15(20)10-23-17(16(12)22)25-18(26)24-11-19(7-2-3-8-19)13-5-4-6-14(21)9-13/h4-6,9-10H,2-3,7-8,11H2,1H3,(H2,23,24,25,26). The number of nitrogens with one attached hydrogen (secondary N) is 2. The number of hydrogen-bond donors (Lipinski definition) is 2. The zero-order valence-corrected chi connectivity index (χ0v) is 18.3. The van der Waals surface area contributed by atoms with Gasteiger partial charge in [-0.05, 0) is 71.2 Å². The van der Waals surface area contributed by atoms with E-state index in [0.717, 1.165) is 34.4 Å². The number of hydrogen-bond acceptors (Lipinski definition) is 2. The summed E-state index contributed by atoms with van der Waals surface area (Å²) < 4.78 is 0.873. The van der Waals surface area contributed by atoms with Crippen molar-refractivity contribution in [3.8, 4) is 0 Å². The van der Waals surface area contributed by atoms with E-state index in [1.807, 2.05) is 19.1 Å². The maximum absolute atomic E-state index is 6.35. The predicted octanol–water partition coefficient (Wildman–Crippen LogP) is 6.26. The molecule has 1 aromatic carbocycles. The van der Waals surface area contributed by atoms with Crippen molar-refractivity contribution in [3.63, 3.8) is 0 Å². The van der Waals surface area contributed by atoms with E-state index in [2.05, 4.69) is 43.7 Å². The van der Waals surface area contributed by atoms with Crippen LogP contribution in [0.3, 0.4) is 0 Å². The van der Waals surface area contributed by atoms with E-state index in [0.29, 0.717) is 16.0 Å². The van der Waals surface area contributed by atoms with Crippen LogP contribution in [-0.4, -0.2) is 16.6 Å². The molecule has 0 spiro atoms. The van der Waals surface area contributed by atoms with E-state index in [1.54, 1.807) is 6.20 Å². The van der Waals surface area contributed by atoms with Gasteiger partial charge in [0.15, 0.2) is 10.9 Å². The van der Waals surface area contributed by atoms with Gasteiger partial charge < -0.3 is 10.6 Å². The third kappa shape index (κ3) is 4.33. The van der Waals surface area contributed by atoms with Crippen molar-refractivity contribution in [2.45, 2.75) is 38.0 Å². The first-order valence-corrected chi connectivity index (χ1v) is 10.5. The molecular formula is C19H20BrCl2N3S. The summed E-state index contributed by atoms with van der Waals surface area (Å²) in [7, 11) is 0. The number of anilines is 1. The molecule has 1 aliphatic rings. The Bertz CT molecular complexity index is 822. The van der Waals surface area contributed by atoms with Crippen LogP contribution < -0.4 is 10.6 Å². The molecule has 0 aliphatic heterocycles. The lowest BCUT2D eigenvalue weighted by Crippen LogP contribution is -2.41. The van der Waals surface area contributed by atoms with Crippen LogP contribution in [0.2, 0.25) is 10.0 Å². The van der Waals surface area contributed by atoms with Gasteiger partial charge in [-0.25, -0.2) is 4.98 Å². The van der Waals surface area contributed by atoms with Gasteiger partial charge in [0.2, 0.25) is 0 Å². The van der Waals surface area contributed by atoms with Gasteiger partial charge >= 0.3 is 0 Å². The minimum atomic E-state index is 0.0590. The molecule has 1 aromatic heterocycles. The topological polar surface area (TPSA) is 37.0 Å². The first-order valence-electron chi connectivity index (χ1n) is 8.53. The lowest BCUT2D eigenvalue weighted by molar-refractivity contribution is 0.435. The van der Waals surface area contributed by atoms with Gasteiger partial charge in [-0.1, -0.05) is 48.2 Å². The highest BCUT2D eigenvalue weighted by molar-refractivity contribution is 9.10. The zero-order valence-electron chi connectivity index (χ0n) is 14.4. The van der Waals surface area contributed by atoms with E-state index in [4.69, 9.17) is 35.4 Å². The molecule has 0 unspecified atom stereocenters. The minimum absolute atomic E-state index is 0.0590. The van der Waals surface area contributed by atoms with Gasteiger partial charge in [0, 0.05) is 27.7 Å². The molecule has 0 bridgehead atoms. The van der Waals surface area contributed by atoms with Crippen molar-refractivity contribution in [2.24, 2.45) is 0 Å². The van der Waals surface area contributed by atoms with E-state index in [9.17, 15) is 0 Å². The SMILES string of the molecule is Cc1c(Br)cnc(NC(=S)NCC2(c3cccc(Cl)c3)CCCC2)c1Cl. The first kappa shape index (κ1) is 19.9. The quantitative estimate of drug-likeness (QED) is 0.515. The fraction of sp³-hybridized carbons (Fsp3) is 0.368. The highest BCUT2D eigenvalue weighted by atomic mass is 79.9. The second kappa shape index (κ2) is 8.42. The molecule has 1 fully saturated rings. The molecule has 3 rings (SSSR count). The normalized spacial score (nSPS) is 15.7. The van der Waals surface area contributed by atoms with E-state index in [1.165, 1.54) is 18.4 Å². The van der Waals surface area contributed by atoms with Crippen LogP contribution in [-0.2, 0) is 5.41 Å². The maximum Gasteiger partial charge on any atom is 0.172 e. The molecule has 0 saturated heterocycles. The van der Waals surface area contributed by atoms with E-state index < -0.39 is 0 Å². The molecule has 0 amide bonds. The lowest BCUT2D eigenvalue weighted by atomic mass is 9.79. The van der Waals surface area contributed by atoms with Crippen LogP contribution in [0.4, 0.5) is 5.82 Å². The Hall–Kier alpha value is -0.880. The van der Waals surface area contributed by atoms with Gasteiger partial charge in [-0.15, -0.1) is 0 Å². The zero-order chi connectivity index (χ0) is 18.7. The largest absolute Gasteiger partial charge is 0.362 e. The van der Waals surface area contributed by atoms with E-state index in [-0.39, 0.29) is 5.41 Å². The molecule has 1 saturated carbocycles.